The predicted molar refractivity (Wildman–Crippen MR) is 90.8 cm³/mol. The van der Waals surface area contributed by atoms with Crippen molar-refractivity contribution in [2.24, 2.45) is 0 Å². The molecule has 0 bridgehead atoms. The van der Waals surface area contributed by atoms with Crippen molar-refractivity contribution in [3.8, 4) is 11.5 Å². The van der Waals surface area contributed by atoms with Crippen molar-refractivity contribution in [2.75, 3.05) is 13.7 Å². The molecule has 0 aromatic heterocycles. The van der Waals surface area contributed by atoms with Gasteiger partial charge in [0.05, 0.1) is 13.0 Å². The van der Waals surface area contributed by atoms with Crippen LogP contribution in [0, 0.1) is 5.82 Å². The summed E-state index contributed by atoms with van der Waals surface area (Å²) in [6, 6.07) is 10.4. The zero-order chi connectivity index (χ0) is 19.1. The first kappa shape index (κ1) is 19.6. The predicted octanol–water partition coefficient (Wildman–Crippen LogP) is 4.03. The van der Waals surface area contributed by atoms with Crippen molar-refractivity contribution in [1.29, 1.82) is 0 Å². The second kappa shape index (κ2) is 9.12. The lowest BCUT2D eigenvalue weighted by Gasteiger charge is -2.19. The molecule has 2 rings (SSSR count). The van der Waals surface area contributed by atoms with Crippen LogP contribution >= 0.6 is 0 Å². The molecule has 0 unspecified atom stereocenters. The summed E-state index contributed by atoms with van der Waals surface area (Å²) in [5, 5.41) is 0. The third-order valence-electron chi connectivity index (χ3n) is 3.61. The fourth-order valence-electron chi connectivity index (χ4n) is 2.43. The summed E-state index contributed by atoms with van der Waals surface area (Å²) in [7, 11) is 1.62. The van der Waals surface area contributed by atoms with Crippen LogP contribution < -0.4 is 9.47 Å². The van der Waals surface area contributed by atoms with Gasteiger partial charge in [0, 0.05) is 13.6 Å². The lowest BCUT2D eigenvalue weighted by atomic mass is 10.1. The van der Waals surface area contributed by atoms with Gasteiger partial charge in [-0.1, -0.05) is 18.2 Å². The fourth-order valence-corrected chi connectivity index (χ4v) is 2.43. The average molecular weight is 367 g/mol. The SMILES string of the molecule is CCOc1cc(CN(C)C(=O)Cc2cccc(F)c2)ccc1OC(F)F. The number of hydrogen-bond donors (Lipinski definition) is 0. The number of nitrogens with zero attached hydrogens (tertiary/aromatic N) is 1. The highest BCUT2D eigenvalue weighted by molar-refractivity contribution is 5.78. The molecule has 0 heterocycles. The van der Waals surface area contributed by atoms with Gasteiger partial charge in [0.2, 0.25) is 5.91 Å². The van der Waals surface area contributed by atoms with E-state index in [0.29, 0.717) is 11.1 Å². The zero-order valence-electron chi connectivity index (χ0n) is 14.5. The van der Waals surface area contributed by atoms with Crippen LogP contribution in [0.15, 0.2) is 42.5 Å². The van der Waals surface area contributed by atoms with Gasteiger partial charge in [0.15, 0.2) is 11.5 Å². The first-order valence-electron chi connectivity index (χ1n) is 8.08. The molecule has 0 spiro atoms. The van der Waals surface area contributed by atoms with Crippen molar-refractivity contribution in [3.05, 3.63) is 59.4 Å². The minimum Gasteiger partial charge on any atom is -0.490 e. The van der Waals surface area contributed by atoms with Gasteiger partial charge in [0.1, 0.15) is 5.82 Å². The molecule has 7 heteroatoms. The fraction of sp³-hybridized carbons (Fsp3) is 0.316. The van der Waals surface area contributed by atoms with E-state index in [9.17, 15) is 18.0 Å². The summed E-state index contributed by atoms with van der Waals surface area (Å²) in [4.78, 5) is 13.8. The van der Waals surface area contributed by atoms with E-state index in [1.807, 2.05) is 0 Å². The first-order chi connectivity index (χ1) is 12.4. The maximum absolute atomic E-state index is 13.2. The minimum absolute atomic E-state index is 0.0562. The Morgan fingerprint density at radius 3 is 2.54 bits per heavy atom. The molecule has 4 nitrogen and oxygen atoms in total. The highest BCUT2D eigenvalue weighted by atomic mass is 19.3. The largest absolute Gasteiger partial charge is 0.490 e. The molecule has 0 aliphatic carbocycles. The number of rotatable bonds is 8. The molecule has 2 aromatic carbocycles. The molecule has 0 atom stereocenters. The van der Waals surface area contributed by atoms with Gasteiger partial charge in [-0.15, -0.1) is 0 Å². The summed E-state index contributed by atoms with van der Waals surface area (Å²) < 4.78 is 47.8. The van der Waals surface area contributed by atoms with Gasteiger partial charge < -0.3 is 14.4 Å². The Hall–Kier alpha value is -2.70. The molecule has 26 heavy (non-hydrogen) atoms. The molecule has 0 aliphatic heterocycles. The molecular formula is C19H20F3NO3. The second-order valence-corrected chi connectivity index (χ2v) is 5.65. The molecule has 2 aromatic rings. The lowest BCUT2D eigenvalue weighted by Crippen LogP contribution is -2.27. The molecule has 0 fully saturated rings. The van der Waals surface area contributed by atoms with E-state index in [0.717, 1.165) is 0 Å². The van der Waals surface area contributed by atoms with Gasteiger partial charge in [-0.3, -0.25) is 4.79 Å². The molecule has 140 valence electrons. The monoisotopic (exact) mass is 367 g/mol. The Morgan fingerprint density at radius 2 is 1.88 bits per heavy atom. The van der Waals surface area contributed by atoms with Gasteiger partial charge in [-0.05, 0) is 42.3 Å². The lowest BCUT2D eigenvalue weighted by molar-refractivity contribution is -0.129. The van der Waals surface area contributed by atoms with Crippen LogP contribution in [0.2, 0.25) is 0 Å². The number of alkyl halides is 2. The van der Waals surface area contributed by atoms with Crippen LogP contribution in [0.25, 0.3) is 0 Å². The van der Waals surface area contributed by atoms with Crippen LogP contribution in [0.1, 0.15) is 18.1 Å². The first-order valence-corrected chi connectivity index (χ1v) is 8.08. The third-order valence-corrected chi connectivity index (χ3v) is 3.61. The Labute approximate surface area is 150 Å². The third kappa shape index (κ3) is 5.68. The Kier molecular flexibility index (Phi) is 6.89. The van der Waals surface area contributed by atoms with Crippen LogP contribution in [0.3, 0.4) is 0 Å². The van der Waals surface area contributed by atoms with E-state index in [1.54, 1.807) is 38.2 Å². The summed E-state index contributed by atoms with van der Waals surface area (Å²) in [5.41, 5.74) is 1.28. The van der Waals surface area contributed by atoms with Gasteiger partial charge in [-0.25, -0.2) is 4.39 Å². The molecule has 0 saturated carbocycles. The molecule has 0 radical (unpaired) electrons. The van der Waals surface area contributed by atoms with Gasteiger partial charge in [-0.2, -0.15) is 8.78 Å². The Morgan fingerprint density at radius 1 is 1.12 bits per heavy atom. The van der Waals surface area contributed by atoms with E-state index in [4.69, 9.17) is 4.74 Å². The Balaban J connectivity index is 2.06. The summed E-state index contributed by atoms with van der Waals surface area (Å²) in [6.45, 7) is -0.677. The topological polar surface area (TPSA) is 38.8 Å². The van der Waals surface area contributed by atoms with E-state index in [2.05, 4.69) is 4.74 Å². The molecule has 0 aliphatic rings. The number of halogens is 3. The number of ether oxygens (including phenoxy) is 2. The normalized spacial score (nSPS) is 10.7. The van der Waals surface area contributed by atoms with Crippen molar-refractivity contribution in [3.63, 3.8) is 0 Å². The zero-order valence-corrected chi connectivity index (χ0v) is 14.5. The number of benzene rings is 2. The molecular weight excluding hydrogens is 347 g/mol. The quantitative estimate of drug-likeness (QED) is 0.707. The maximum Gasteiger partial charge on any atom is 0.387 e. The summed E-state index contributed by atoms with van der Waals surface area (Å²) in [6.07, 6.45) is 0.0686. The van der Waals surface area contributed by atoms with Crippen LogP contribution in [-0.2, 0) is 17.8 Å². The van der Waals surface area contributed by atoms with Gasteiger partial charge >= 0.3 is 6.61 Å². The van der Waals surface area contributed by atoms with Crippen molar-refractivity contribution < 1.29 is 27.4 Å². The minimum atomic E-state index is -2.95. The number of amides is 1. The van der Waals surface area contributed by atoms with Gasteiger partial charge in [0.25, 0.3) is 0 Å². The van der Waals surface area contributed by atoms with E-state index in [-0.39, 0.29) is 37.0 Å². The number of hydrogen-bond acceptors (Lipinski definition) is 3. The number of likely N-dealkylation sites (N-methyl/N-ethyl adjacent to an activating group) is 1. The molecule has 0 saturated heterocycles. The van der Waals surface area contributed by atoms with Crippen molar-refractivity contribution in [1.82, 2.24) is 4.90 Å². The van der Waals surface area contributed by atoms with E-state index >= 15 is 0 Å². The summed E-state index contributed by atoms with van der Waals surface area (Å²) >= 11 is 0. The second-order valence-electron chi connectivity index (χ2n) is 5.65. The van der Waals surface area contributed by atoms with Crippen molar-refractivity contribution in [2.45, 2.75) is 26.5 Å². The van der Waals surface area contributed by atoms with E-state index in [1.165, 1.54) is 23.1 Å². The molecule has 0 N–H and O–H groups in total. The highest BCUT2D eigenvalue weighted by Crippen LogP contribution is 2.30. The van der Waals surface area contributed by atoms with Crippen LogP contribution in [0.4, 0.5) is 13.2 Å². The molecule has 1 amide bonds. The van der Waals surface area contributed by atoms with E-state index < -0.39 is 12.4 Å². The standard InChI is InChI=1S/C19H20F3NO3/c1-3-25-17-10-14(7-8-16(17)26-19(21)22)12-23(2)18(24)11-13-5-4-6-15(20)9-13/h4-10,19H,3,11-12H2,1-2H3. The number of carbonyl (C=O) groups is 1. The average Bonchev–Trinajstić information content (AvgIpc) is 2.57. The van der Waals surface area contributed by atoms with Crippen LogP contribution in [0.5, 0.6) is 11.5 Å². The smallest absolute Gasteiger partial charge is 0.387 e. The van der Waals surface area contributed by atoms with Crippen molar-refractivity contribution >= 4 is 5.91 Å². The summed E-state index contributed by atoms with van der Waals surface area (Å²) in [5.74, 6) is -0.453. The number of carbonyl (C=O) groups excluding carboxylic acids is 1. The van der Waals surface area contributed by atoms with Crippen LogP contribution in [-0.4, -0.2) is 31.1 Å². The Bertz CT molecular complexity index is 753. The maximum atomic E-state index is 13.2. The highest BCUT2D eigenvalue weighted by Gasteiger charge is 2.14.